The molecule has 2 aromatic carbocycles. The first-order valence-electron chi connectivity index (χ1n) is 6.17. The smallest absolute Gasteiger partial charge is 0.182 e. The van der Waals surface area contributed by atoms with Gasteiger partial charge in [-0.15, -0.1) is 0 Å². The minimum atomic E-state index is -0.447. The van der Waals surface area contributed by atoms with Crippen LogP contribution in [0, 0.1) is 0 Å². The van der Waals surface area contributed by atoms with Crippen LogP contribution in [-0.2, 0) is 11.2 Å². The lowest BCUT2D eigenvalue weighted by molar-refractivity contribution is -0.126. The Hall–Kier alpha value is -2.09. The maximum Gasteiger partial charge on any atom is 0.182 e. The van der Waals surface area contributed by atoms with Gasteiger partial charge in [0.1, 0.15) is 5.75 Å². The number of fused-ring (bicyclic) bond motifs is 1. The van der Waals surface area contributed by atoms with Crippen LogP contribution in [0.3, 0.4) is 0 Å². The van der Waals surface area contributed by atoms with Crippen LogP contribution in [0.15, 0.2) is 54.6 Å². The Bertz CT molecular complexity index is 560. The SMILES string of the molecule is O=C1CCc2ccccc2C1Oc1ccccc1. The van der Waals surface area contributed by atoms with Crippen molar-refractivity contribution < 1.29 is 9.53 Å². The van der Waals surface area contributed by atoms with Crippen molar-refractivity contribution in [2.75, 3.05) is 0 Å². The van der Waals surface area contributed by atoms with Gasteiger partial charge in [-0.25, -0.2) is 0 Å². The van der Waals surface area contributed by atoms with E-state index in [0.717, 1.165) is 17.7 Å². The first-order valence-corrected chi connectivity index (χ1v) is 6.17. The van der Waals surface area contributed by atoms with Crippen LogP contribution in [0.25, 0.3) is 0 Å². The molecule has 3 rings (SSSR count). The average molecular weight is 238 g/mol. The molecule has 0 spiro atoms. The zero-order valence-corrected chi connectivity index (χ0v) is 10.0. The molecule has 0 amide bonds. The Balaban J connectivity index is 1.94. The van der Waals surface area contributed by atoms with Gasteiger partial charge < -0.3 is 4.74 Å². The first kappa shape index (κ1) is 11.0. The Morgan fingerprint density at radius 3 is 2.44 bits per heavy atom. The van der Waals surface area contributed by atoms with Crippen molar-refractivity contribution in [1.82, 2.24) is 0 Å². The molecule has 2 aromatic rings. The van der Waals surface area contributed by atoms with Crippen LogP contribution in [-0.4, -0.2) is 5.78 Å². The molecule has 0 aliphatic heterocycles. The maximum absolute atomic E-state index is 12.0. The molecule has 0 bridgehead atoms. The molecule has 2 heteroatoms. The molecule has 1 atom stereocenters. The first-order chi connectivity index (χ1) is 8.84. The molecule has 0 heterocycles. The van der Waals surface area contributed by atoms with Crippen LogP contribution in [0.2, 0.25) is 0 Å². The van der Waals surface area contributed by atoms with Gasteiger partial charge in [0.15, 0.2) is 11.9 Å². The highest BCUT2D eigenvalue weighted by Gasteiger charge is 2.28. The molecular weight excluding hydrogens is 224 g/mol. The fourth-order valence-electron chi connectivity index (χ4n) is 2.34. The quantitative estimate of drug-likeness (QED) is 0.802. The Labute approximate surface area is 106 Å². The van der Waals surface area contributed by atoms with Gasteiger partial charge in [0.05, 0.1) is 0 Å². The second-order valence-electron chi connectivity index (χ2n) is 4.48. The van der Waals surface area contributed by atoms with E-state index in [1.54, 1.807) is 0 Å². The molecule has 2 nitrogen and oxygen atoms in total. The van der Waals surface area contributed by atoms with E-state index in [1.807, 2.05) is 48.5 Å². The van der Waals surface area contributed by atoms with E-state index in [4.69, 9.17) is 4.74 Å². The van der Waals surface area contributed by atoms with Crippen LogP contribution in [0.5, 0.6) is 5.75 Å². The number of aryl methyl sites for hydroxylation is 1. The molecule has 0 fully saturated rings. The molecule has 0 aromatic heterocycles. The minimum Gasteiger partial charge on any atom is -0.478 e. The van der Waals surface area contributed by atoms with E-state index in [-0.39, 0.29) is 5.78 Å². The minimum absolute atomic E-state index is 0.164. The van der Waals surface area contributed by atoms with Gasteiger partial charge in [0.25, 0.3) is 0 Å². The molecular formula is C16H14O2. The number of rotatable bonds is 2. The summed E-state index contributed by atoms with van der Waals surface area (Å²) in [5.41, 5.74) is 2.23. The number of benzene rings is 2. The number of ether oxygens (including phenoxy) is 1. The summed E-state index contributed by atoms with van der Waals surface area (Å²) in [6.45, 7) is 0. The Morgan fingerprint density at radius 1 is 0.889 bits per heavy atom. The van der Waals surface area contributed by atoms with Gasteiger partial charge in [-0.1, -0.05) is 42.5 Å². The van der Waals surface area contributed by atoms with Gasteiger partial charge in [-0.05, 0) is 24.1 Å². The van der Waals surface area contributed by atoms with Crippen molar-refractivity contribution in [3.05, 3.63) is 65.7 Å². The number of hydrogen-bond acceptors (Lipinski definition) is 2. The predicted molar refractivity (Wildman–Crippen MR) is 69.6 cm³/mol. The highest BCUT2D eigenvalue weighted by atomic mass is 16.5. The normalized spacial score (nSPS) is 18.2. The largest absolute Gasteiger partial charge is 0.478 e. The number of hydrogen-bond donors (Lipinski definition) is 0. The van der Waals surface area contributed by atoms with E-state index >= 15 is 0 Å². The molecule has 0 N–H and O–H groups in total. The summed E-state index contributed by atoms with van der Waals surface area (Å²) in [5, 5.41) is 0. The number of carbonyl (C=O) groups excluding carboxylic acids is 1. The van der Waals surface area contributed by atoms with Crippen LogP contribution in [0.1, 0.15) is 23.7 Å². The highest BCUT2D eigenvalue weighted by Crippen LogP contribution is 2.31. The summed E-state index contributed by atoms with van der Waals surface area (Å²) in [6, 6.07) is 17.5. The van der Waals surface area contributed by atoms with Crippen molar-refractivity contribution in [1.29, 1.82) is 0 Å². The lowest BCUT2D eigenvalue weighted by atomic mass is 9.88. The summed E-state index contributed by atoms with van der Waals surface area (Å²) in [6.07, 6.45) is 0.940. The predicted octanol–water partition coefficient (Wildman–Crippen LogP) is 3.32. The summed E-state index contributed by atoms with van der Waals surface area (Å²) < 4.78 is 5.84. The molecule has 18 heavy (non-hydrogen) atoms. The fraction of sp³-hybridized carbons (Fsp3) is 0.188. The summed E-state index contributed by atoms with van der Waals surface area (Å²) >= 11 is 0. The van der Waals surface area contributed by atoms with E-state index < -0.39 is 6.10 Å². The molecule has 1 aliphatic rings. The third-order valence-electron chi connectivity index (χ3n) is 3.27. The van der Waals surface area contributed by atoms with Crippen molar-refractivity contribution in [2.24, 2.45) is 0 Å². The Kier molecular flexibility index (Phi) is 2.85. The number of Topliss-reactive ketones (excluding diaryl/α,β-unsaturated/α-hetero) is 1. The molecule has 1 aliphatic carbocycles. The third kappa shape index (κ3) is 2.02. The van der Waals surface area contributed by atoms with Gasteiger partial charge in [-0.3, -0.25) is 4.79 Å². The van der Waals surface area contributed by atoms with Crippen LogP contribution < -0.4 is 4.74 Å². The van der Waals surface area contributed by atoms with Crippen LogP contribution >= 0.6 is 0 Å². The zero-order valence-electron chi connectivity index (χ0n) is 10.0. The zero-order chi connectivity index (χ0) is 12.4. The third-order valence-corrected chi connectivity index (χ3v) is 3.27. The fourth-order valence-corrected chi connectivity index (χ4v) is 2.34. The topological polar surface area (TPSA) is 26.3 Å². The summed E-state index contributed by atoms with van der Waals surface area (Å²) in [7, 11) is 0. The number of carbonyl (C=O) groups is 1. The van der Waals surface area contributed by atoms with Gasteiger partial charge in [-0.2, -0.15) is 0 Å². The van der Waals surface area contributed by atoms with E-state index in [1.165, 1.54) is 5.56 Å². The van der Waals surface area contributed by atoms with Crippen LogP contribution in [0.4, 0.5) is 0 Å². The van der Waals surface area contributed by atoms with E-state index in [9.17, 15) is 4.79 Å². The van der Waals surface area contributed by atoms with Crippen molar-refractivity contribution in [3.8, 4) is 5.75 Å². The van der Waals surface area contributed by atoms with Crippen molar-refractivity contribution in [2.45, 2.75) is 18.9 Å². The number of ketones is 1. The highest BCUT2D eigenvalue weighted by molar-refractivity contribution is 5.87. The van der Waals surface area contributed by atoms with Gasteiger partial charge in [0.2, 0.25) is 0 Å². The molecule has 0 saturated carbocycles. The van der Waals surface area contributed by atoms with E-state index in [2.05, 4.69) is 6.07 Å². The molecule has 90 valence electrons. The average Bonchev–Trinajstić information content (AvgIpc) is 2.43. The van der Waals surface area contributed by atoms with Crippen molar-refractivity contribution in [3.63, 3.8) is 0 Å². The maximum atomic E-state index is 12.0. The second kappa shape index (κ2) is 4.65. The van der Waals surface area contributed by atoms with Gasteiger partial charge in [0, 0.05) is 12.0 Å². The lowest BCUT2D eigenvalue weighted by Crippen LogP contribution is -2.24. The lowest BCUT2D eigenvalue weighted by Gasteiger charge is -2.25. The second-order valence-corrected chi connectivity index (χ2v) is 4.48. The standard InChI is InChI=1S/C16H14O2/c17-15-11-10-12-6-4-5-9-14(12)16(15)18-13-7-2-1-3-8-13/h1-9,16H,10-11H2. The number of para-hydroxylation sites is 1. The Morgan fingerprint density at radius 2 is 1.61 bits per heavy atom. The van der Waals surface area contributed by atoms with Crippen molar-refractivity contribution >= 4 is 5.78 Å². The van der Waals surface area contributed by atoms with E-state index in [0.29, 0.717) is 6.42 Å². The molecule has 1 unspecified atom stereocenters. The summed E-state index contributed by atoms with van der Waals surface area (Å²) in [5.74, 6) is 0.908. The monoisotopic (exact) mass is 238 g/mol. The molecule has 0 saturated heterocycles. The van der Waals surface area contributed by atoms with Gasteiger partial charge >= 0.3 is 0 Å². The summed E-state index contributed by atoms with van der Waals surface area (Å²) in [4.78, 5) is 12.0. The molecule has 0 radical (unpaired) electrons.